The maximum Gasteiger partial charge on any atom is 0.112 e. The number of nitrogens with zero attached hydrogens (tertiary/aromatic N) is 1. The molecule has 1 aromatic rings. The van der Waals surface area contributed by atoms with E-state index in [9.17, 15) is 0 Å². The Morgan fingerprint density at radius 3 is 2.73 bits per heavy atom. The molecule has 0 aliphatic heterocycles. The van der Waals surface area contributed by atoms with E-state index in [-0.39, 0.29) is 6.04 Å². The minimum Gasteiger partial charge on any atom is -0.324 e. The summed E-state index contributed by atoms with van der Waals surface area (Å²) in [5.74, 6) is 2.44. The molecular formula is C9H10N2. The van der Waals surface area contributed by atoms with Gasteiger partial charge < -0.3 is 5.73 Å². The first kappa shape index (κ1) is 7.77. The van der Waals surface area contributed by atoms with E-state index in [1.54, 1.807) is 12.3 Å². The van der Waals surface area contributed by atoms with E-state index in [0.717, 1.165) is 5.56 Å². The Kier molecular flexibility index (Phi) is 2.25. The zero-order chi connectivity index (χ0) is 8.27. The van der Waals surface area contributed by atoms with E-state index < -0.39 is 0 Å². The van der Waals surface area contributed by atoms with E-state index in [2.05, 4.69) is 10.9 Å². The van der Waals surface area contributed by atoms with Gasteiger partial charge in [0.25, 0.3) is 0 Å². The highest BCUT2D eigenvalue weighted by Crippen LogP contribution is 2.06. The van der Waals surface area contributed by atoms with Gasteiger partial charge in [-0.05, 0) is 18.6 Å². The van der Waals surface area contributed by atoms with Crippen molar-refractivity contribution in [1.29, 1.82) is 0 Å². The van der Waals surface area contributed by atoms with Gasteiger partial charge in [-0.15, -0.1) is 6.42 Å². The zero-order valence-corrected chi connectivity index (χ0v) is 6.41. The molecule has 1 heterocycles. The van der Waals surface area contributed by atoms with Gasteiger partial charge in [0.2, 0.25) is 0 Å². The summed E-state index contributed by atoms with van der Waals surface area (Å²) in [4.78, 5) is 4.00. The summed E-state index contributed by atoms with van der Waals surface area (Å²) in [6, 6.07) is 3.71. The highest BCUT2D eigenvalue weighted by molar-refractivity contribution is 5.27. The maximum absolute atomic E-state index is 5.61. The van der Waals surface area contributed by atoms with Crippen LogP contribution in [0.15, 0.2) is 18.3 Å². The van der Waals surface area contributed by atoms with Gasteiger partial charge >= 0.3 is 0 Å². The summed E-state index contributed by atoms with van der Waals surface area (Å²) in [5, 5.41) is 0. The van der Waals surface area contributed by atoms with E-state index >= 15 is 0 Å². The Bertz CT molecular complexity index is 267. The van der Waals surface area contributed by atoms with Crippen molar-refractivity contribution < 1.29 is 0 Å². The largest absolute Gasteiger partial charge is 0.324 e. The predicted octanol–water partition coefficient (Wildman–Crippen LogP) is 1.08. The molecule has 0 aliphatic rings. The lowest BCUT2D eigenvalue weighted by Crippen LogP contribution is -2.05. The summed E-state index contributed by atoms with van der Waals surface area (Å²) < 4.78 is 0. The second-order valence-electron chi connectivity index (χ2n) is 2.41. The smallest absolute Gasteiger partial charge is 0.112 e. The summed E-state index contributed by atoms with van der Waals surface area (Å²) in [6.45, 7) is 1.91. The Hall–Kier alpha value is -1.33. The van der Waals surface area contributed by atoms with Crippen LogP contribution in [0.25, 0.3) is 0 Å². The molecule has 2 N–H and O–H groups in total. The Balaban J connectivity index is 2.94. The van der Waals surface area contributed by atoms with Crippen molar-refractivity contribution in [3.05, 3.63) is 29.6 Å². The number of aromatic nitrogens is 1. The third-order valence-electron chi connectivity index (χ3n) is 1.46. The van der Waals surface area contributed by atoms with Crippen molar-refractivity contribution in [2.24, 2.45) is 5.73 Å². The third kappa shape index (κ3) is 1.79. The number of rotatable bonds is 1. The second kappa shape index (κ2) is 3.18. The van der Waals surface area contributed by atoms with Gasteiger partial charge in [-0.2, -0.15) is 0 Å². The van der Waals surface area contributed by atoms with Crippen molar-refractivity contribution in [2.75, 3.05) is 0 Å². The number of hydrogen-bond donors (Lipinski definition) is 1. The van der Waals surface area contributed by atoms with Gasteiger partial charge in [-0.3, -0.25) is 0 Å². The molecular weight excluding hydrogens is 136 g/mol. The zero-order valence-electron chi connectivity index (χ0n) is 6.41. The van der Waals surface area contributed by atoms with Gasteiger partial charge in [0.1, 0.15) is 5.69 Å². The fourth-order valence-electron chi connectivity index (χ4n) is 0.760. The number of hydrogen-bond acceptors (Lipinski definition) is 2. The highest BCUT2D eigenvalue weighted by Gasteiger charge is 1.97. The lowest BCUT2D eigenvalue weighted by atomic mass is 10.1. The predicted molar refractivity (Wildman–Crippen MR) is 44.8 cm³/mol. The molecule has 0 aliphatic carbocycles. The van der Waals surface area contributed by atoms with Crippen LogP contribution >= 0.6 is 0 Å². The number of pyridine rings is 1. The second-order valence-corrected chi connectivity index (χ2v) is 2.41. The van der Waals surface area contributed by atoms with Crippen LogP contribution < -0.4 is 5.73 Å². The van der Waals surface area contributed by atoms with Crippen LogP contribution in [0.3, 0.4) is 0 Å². The molecule has 56 valence electrons. The molecule has 1 aromatic heterocycles. The topological polar surface area (TPSA) is 38.9 Å². The Morgan fingerprint density at radius 1 is 1.64 bits per heavy atom. The van der Waals surface area contributed by atoms with Crippen LogP contribution in [0.4, 0.5) is 0 Å². The van der Waals surface area contributed by atoms with Crippen molar-refractivity contribution in [3.63, 3.8) is 0 Å². The van der Waals surface area contributed by atoms with Crippen LogP contribution in [-0.2, 0) is 0 Å². The van der Waals surface area contributed by atoms with Crippen molar-refractivity contribution in [2.45, 2.75) is 13.0 Å². The molecule has 0 amide bonds. The fourth-order valence-corrected chi connectivity index (χ4v) is 0.760. The fraction of sp³-hybridized carbons (Fsp3) is 0.222. The molecule has 2 nitrogen and oxygen atoms in total. The summed E-state index contributed by atoms with van der Waals surface area (Å²) in [5.41, 5.74) is 7.26. The quantitative estimate of drug-likeness (QED) is 0.602. The molecule has 0 aromatic carbocycles. The first-order valence-corrected chi connectivity index (χ1v) is 3.42. The molecule has 0 radical (unpaired) electrons. The molecule has 0 bridgehead atoms. The van der Waals surface area contributed by atoms with Gasteiger partial charge in [-0.25, -0.2) is 4.98 Å². The van der Waals surface area contributed by atoms with Crippen LogP contribution in [0.2, 0.25) is 0 Å². The standard InChI is InChI=1S/C9H10N2/c1-3-9-5-4-8(6-11-9)7(2)10/h1,4-7H,10H2,2H3/t7-/m1/s1. The summed E-state index contributed by atoms with van der Waals surface area (Å²) in [7, 11) is 0. The number of nitrogens with two attached hydrogens (primary N) is 1. The minimum absolute atomic E-state index is 0.0225. The Labute approximate surface area is 66.4 Å². The van der Waals surface area contributed by atoms with Gasteiger partial charge in [0, 0.05) is 12.2 Å². The van der Waals surface area contributed by atoms with Crippen molar-refractivity contribution in [1.82, 2.24) is 4.98 Å². The molecule has 1 rings (SSSR count). The van der Waals surface area contributed by atoms with Crippen LogP contribution in [0.1, 0.15) is 24.2 Å². The maximum atomic E-state index is 5.61. The lowest BCUT2D eigenvalue weighted by molar-refractivity contribution is 0.811. The normalized spacial score (nSPS) is 12.1. The first-order valence-electron chi connectivity index (χ1n) is 3.42. The Morgan fingerprint density at radius 2 is 2.36 bits per heavy atom. The van der Waals surface area contributed by atoms with Gasteiger partial charge in [-0.1, -0.05) is 12.0 Å². The SMILES string of the molecule is C#Cc1ccc([C@@H](C)N)cn1. The van der Waals surface area contributed by atoms with Crippen LogP contribution in [0.5, 0.6) is 0 Å². The average Bonchev–Trinajstić information content (AvgIpc) is 2.05. The molecule has 0 saturated carbocycles. The van der Waals surface area contributed by atoms with E-state index in [4.69, 9.17) is 12.2 Å². The molecule has 2 heteroatoms. The first-order chi connectivity index (χ1) is 5.24. The van der Waals surface area contributed by atoms with Crippen molar-refractivity contribution >= 4 is 0 Å². The summed E-state index contributed by atoms with van der Waals surface area (Å²) in [6.07, 6.45) is 6.84. The monoisotopic (exact) mass is 146 g/mol. The van der Waals surface area contributed by atoms with E-state index in [1.165, 1.54) is 0 Å². The van der Waals surface area contributed by atoms with Crippen molar-refractivity contribution in [3.8, 4) is 12.3 Å². The molecule has 0 saturated heterocycles. The molecule has 11 heavy (non-hydrogen) atoms. The van der Waals surface area contributed by atoms with Gasteiger partial charge in [0.15, 0.2) is 0 Å². The number of terminal acetylenes is 1. The van der Waals surface area contributed by atoms with E-state index in [1.807, 2.05) is 13.0 Å². The third-order valence-corrected chi connectivity index (χ3v) is 1.46. The minimum atomic E-state index is 0.0225. The average molecular weight is 146 g/mol. The lowest BCUT2D eigenvalue weighted by Gasteiger charge is -2.02. The highest BCUT2D eigenvalue weighted by atomic mass is 14.7. The molecule has 0 spiro atoms. The molecule has 1 atom stereocenters. The molecule has 0 unspecified atom stereocenters. The van der Waals surface area contributed by atoms with E-state index in [0.29, 0.717) is 5.69 Å². The molecule has 0 fully saturated rings. The van der Waals surface area contributed by atoms with Gasteiger partial charge in [0.05, 0.1) is 0 Å². The van der Waals surface area contributed by atoms with Crippen LogP contribution in [-0.4, -0.2) is 4.98 Å². The summed E-state index contributed by atoms with van der Waals surface area (Å²) >= 11 is 0. The van der Waals surface area contributed by atoms with Crippen LogP contribution in [0, 0.1) is 12.3 Å².